The minimum atomic E-state index is -0.717. The zero-order chi connectivity index (χ0) is 10.7. The highest BCUT2D eigenvalue weighted by Gasteiger charge is 2.35. The molecular formula is C11H16N2O2. The lowest BCUT2D eigenvalue weighted by atomic mass is 9.79. The van der Waals surface area contributed by atoms with E-state index in [9.17, 15) is 4.79 Å². The van der Waals surface area contributed by atoms with Crippen LogP contribution in [-0.4, -0.2) is 20.6 Å². The Bertz CT molecular complexity index is 326. The van der Waals surface area contributed by atoms with Gasteiger partial charge in [0.05, 0.1) is 18.3 Å². The van der Waals surface area contributed by atoms with Gasteiger partial charge in [-0.15, -0.1) is 0 Å². The molecule has 1 aromatic rings. The third kappa shape index (κ3) is 2.03. The molecule has 0 bridgehead atoms. The molecule has 1 saturated carbocycles. The fraction of sp³-hybridized carbons (Fsp3) is 0.636. The minimum Gasteiger partial charge on any atom is -0.481 e. The minimum absolute atomic E-state index is 0.212. The fourth-order valence-corrected chi connectivity index (χ4v) is 2.56. The van der Waals surface area contributed by atoms with E-state index in [1.165, 1.54) is 6.42 Å². The maximum Gasteiger partial charge on any atom is 0.305 e. The molecule has 1 aliphatic rings. The number of nitrogens with zero attached hydrogens (tertiary/aromatic N) is 2. The second-order valence-electron chi connectivity index (χ2n) is 4.33. The van der Waals surface area contributed by atoms with Crippen LogP contribution in [0.4, 0.5) is 0 Å². The fourth-order valence-electron chi connectivity index (χ4n) is 2.56. The van der Waals surface area contributed by atoms with Crippen LogP contribution in [-0.2, 0) is 10.3 Å². The molecule has 0 aliphatic heterocycles. The number of imidazole rings is 1. The molecule has 1 N–H and O–H groups in total. The summed E-state index contributed by atoms with van der Waals surface area (Å²) in [5.41, 5.74) is -0.222. The van der Waals surface area contributed by atoms with Gasteiger partial charge in [-0.1, -0.05) is 19.3 Å². The number of rotatable bonds is 3. The van der Waals surface area contributed by atoms with E-state index in [0.29, 0.717) is 0 Å². The monoisotopic (exact) mass is 208 g/mol. The van der Waals surface area contributed by atoms with Gasteiger partial charge in [-0.3, -0.25) is 4.79 Å². The van der Waals surface area contributed by atoms with Gasteiger partial charge < -0.3 is 9.67 Å². The molecule has 4 heteroatoms. The largest absolute Gasteiger partial charge is 0.481 e. The van der Waals surface area contributed by atoms with Crippen LogP contribution >= 0.6 is 0 Å². The highest BCUT2D eigenvalue weighted by Crippen LogP contribution is 2.37. The van der Waals surface area contributed by atoms with Crippen LogP contribution in [0, 0.1) is 0 Å². The first-order chi connectivity index (χ1) is 7.23. The molecule has 0 amide bonds. The molecule has 1 aliphatic carbocycles. The predicted octanol–water partition coefficient (Wildman–Crippen LogP) is 2.02. The molecule has 0 spiro atoms. The van der Waals surface area contributed by atoms with Crippen molar-refractivity contribution in [3.05, 3.63) is 18.7 Å². The summed E-state index contributed by atoms with van der Waals surface area (Å²) in [5.74, 6) is -0.717. The Morgan fingerprint density at radius 2 is 2.13 bits per heavy atom. The first kappa shape index (κ1) is 10.2. The van der Waals surface area contributed by atoms with Crippen molar-refractivity contribution in [2.24, 2.45) is 0 Å². The molecule has 0 aromatic carbocycles. The number of hydrogen-bond acceptors (Lipinski definition) is 2. The second-order valence-corrected chi connectivity index (χ2v) is 4.33. The lowest BCUT2D eigenvalue weighted by Gasteiger charge is -2.37. The van der Waals surface area contributed by atoms with Gasteiger partial charge in [0.25, 0.3) is 0 Å². The van der Waals surface area contributed by atoms with Crippen molar-refractivity contribution in [2.45, 2.75) is 44.1 Å². The standard InChI is InChI=1S/C11H16N2O2/c14-10(15)8-11(4-2-1-3-5-11)13-7-6-12-9-13/h6-7,9H,1-5,8H2,(H,14,15). The predicted molar refractivity (Wildman–Crippen MR) is 55.5 cm³/mol. The van der Waals surface area contributed by atoms with E-state index in [4.69, 9.17) is 5.11 Å². The summed E-state index contributed by atoms with van der Waals surface area (Å²) in [7, 11) is 0. The van der Waals surface area contributed by atoms with E-state index in [-0.39, 0.29) is 12.0 Å². The van der Waals surface area contributed by atoms with Gasteiger partial charge in [0.1, 0.15) is 0 Å². The molecule has 0 unspecified atom stereocenters. The second kappa shape index (κ2) is 4.04. The third-order valence-corrected chi connectivity index (χ3v) is 3.32. The molecule has 0 atom stereocenters. The van der Waals surface area contributed by atoms with Crippen molar-refractivity contribution in [3.63, 3.8) is 0 Å². The van der Waals surface area contributed by atoms with Gasteiger partial charge in [-0.2, -0.15) is 0 Å². The molecule has 82 valence electrons. The summed E-state index contributed by atoms with van der Waals surface area (Å²) in [5, 5.41) is 9.00. The number of aliphatic carboxylic acids is 1. The molecule has 2 rings (SSSR count). The zero-order valence-corrected chi connectivity index (χ0v) is 8.72. The molecule has 1 aromatic heterocycles. The number of carbonyl (C=O) groups is 1. The van der Waals surface area contributed by atoms with Gasteiger partial charge in [0.2, 0.25) is 0 Å². The van der Waals surface area contributed by atoms with Crippen LogP contribution in [0.15, 0.2) is 18.7 Å². The van der Waals surface area contributed by atoms with Crippen molar-refractivity contribution in [1.29, 1.82) is 0 Å². The van der Waals surface area contributed by atoms with Gasteiger partial charge in [0, 0.05) is 12.4 Å². The average Bonchev–Trinajstić information content (AvgIpc) is 2.71. The molecule has 0 radical (unpaired) electrons. The van der Waals surface area contributed by atoms with Crippen LogP contribution < -0.4 is 0 Å². The number of carboxylic acids is 1. The van der Waals surface area contributed by atoms with Crippen molar-refractivity contribution in [2.75, 3.05) is 0 Å². The van der Waals surface area contributed by atoms with Crippen LogP contribution in [0.2, 0.25) is 0 Å². The lowest BCUT2D eigenvalue weighted by molar-refractivity contribution is -0.140. The van der Waals surface area contributed by atoms with Gasteiger partial charge >= 0.3 is 5.97 Å². The Labute approximate surface area is 88.9 Å². The normalized spacial score (nSPS) is 20.0. The van der Waals surface area contributed by atoms with E-state index in [0.717, 1.165) is 25.7 Å². The Kier molecular flexibility index (Phi) is 2.75. The quantitative estimate of drug-likeness (QED) is 0.826. The smallest absolute Gasteiger partial charge is 0.305 e. The summed E-state index contributed by atoms with van der Waals surface area (Å²) in [4.78, 5) is 15.0. The van der Waals surface area contributed by atoms with E-state index < -0.39 is 5.97 Å². The number of hydrogen-bond donors (Lipinski definition) is 1. The Morgan fingerprint density at radius 1 is 1.40 bits per heavy atom. The number of carboxylic acid groups (broad SMARTS) is 1. The van der Waals surface area contributed by atoms with E-state index in [1.807, 2.05) is 10.8 Å². The van der Waals surface area contributed by atoms with Crippen molar-refractivity contribution >= 4 is 5.97 Å². The molecule has 0 saturated heterocycles. The third-order valence-electron chi connectivity index (χ3n) is 3.32. The Morgan fingerprint density at radius 3 is 2.67 bits per heavy atom. The molecule has 4 nitrogen and oxygen atoms in total. The molecule has 15 heavy (non-hydrogen) atoms. The zero-order valence-electron chi connectivity index (χ0n) is 8.72. The number of aromatic nitrogens is 2. The van der Waals surface area contributed by atoms with E-state index >= 15 is 0 Å². The maximum absolute atomic E-state index is 10.9. The van der Waals surface area contributed by atoms with E-state index in [2.05, 4.69) is 4.98 Å². The van der Waals surface area contributed by atoms with Crippen LogP contribution in [0.3, 0.4) is 0 Å². The lowest BCUT2D eigenvalue weighted by Crippen LogP contribution is -2.37. The van der Waals surface area contributed by atoms with Crippen LogP contribution in [0.25, 0.3) is 0 Å². The van der Waals surface area contributed by atoms with Crippen molar-refractivity contribution < 1.29 is 9.90 Å². The average molecular weight is 208 g/mol. The maximum atomic E-state index is 10.9. The highest BCUT2D eigenvalue weighted by atomic mass is 16.4. The summed E-state index contributed by atoms with van der Waals surface area (Å²) in [6.45, 7) is 0. The van der Waals surface area contributed by atoms with Crippen molar-refractivity contribution in [3.8, 4) is 0 Å². The summed E-state index contributed by atoms with van der Waals surface area (Å²) < 4.78 is 1.99. The first-order valence-electron chi connectivity index (χ1n) is 5.43. The van der Waals surface area contributed by atoms with E-state index in [1.54, 1.807) is 12.5 Å². The topological polar surface area (TPSA) is 55.1 Å². The summed E-state index contributed by atoms with van der Waals surface area (Å²) >= 11 is 0. The Balaban J connectivity index is 2.25. The SMILES string of the molecule is O=C(O)CC1(n2ccnc2)CCCCC1. The van der Waals surface area contributed by atoms with Crippen LogP contribution in [0.1, 0.15) is 38.5 Å². The highest BCUT2D eigenvalue weighted by molar-refractivity contribution is 5.68. The molecule has 1 heterocycles. The van der Waals surface area contributed by atoms with Gasteiger partial charge in [-0.25, -0.2) is 4.98 Å². The van der Waals surface area contributed by atoms with Gasteiger partial charge in [0.15, 0.2) is 0 Å². The van der Waals surface area contributed by atoms with Crippen LogP contribution in [0.5, 0.6) is 0 Å². The van der Waals surface area contributed by atoms with Gasteiger partial charge in [-0.05, 0) is 12.8 Å². The Hall–Kier alpha value is -1.32. The van der Waals surface area contributed by atoms with Crippen molar-refractivity contribution in [1.82, 2.24) is 9.55 Å². The first-order valence-corrected chi connectivity index (χ1v) is 5.43. The summed E-state index contributed by atoms with van der Waals surface area (Å²) in [6.07, 6.45) is 10.9. The molecule has 1 fully saturated rings. The summed E-state index contributed by atoms with van der Waals surface area (Å²) in [6, 6.07) is 0. The molecular weight excluding hydrogens is 192 g/mol.